The molecule has 0 unspecified atom stereocenters. The quantitative estimate of drug-likeness (QED) is 0.338. The smallest absolute Gasteiger partial charge is 0.308 e. The fraction of sp³-hybridized carbons (Fsp3) is 0.542. The number of nitrogens with zero attached hydrogens (tertiary/aromatic N) is 3. The molecule has 0 radical (unpaired) electrons. The van der Waals surface area contributed by atoms with Gasteiger partial charge >= 0.3 is 5.97 Å². The second-order valence-electron chi connectivity index (χ2n) is 9.02. The molecule has 1 aliphatic heterocycles. The zero-order valence-corrected chi connectivity index (χ0v) is 21.5. The minimum Gasteiger partial charge on any atom is -0.491 e. The summed E-state index contributed by atoms with van der Waals surface area (Å²) in [6.45, 7) is 10.6. The van der Waals surface area contributed by atoms with E-state index in [9.17, 15) is 9.90 Å². The van der Waals surface area contributed by atoms with Crippen molar-refractivity contribution in [2.24, 2.45) is 0 Å². The molecule has 2 aromatic rings. The number of anilines is 1. The highest BCUT2D eigenvalue weighted by Crippen LogP contribution is 2.28. The molecule has 186 valence electrons. The molecule has 1 aromatic heterocycles. The van der Waals surface area contributed by atoms with Gasteiger partial charge in [0.25, 0.3) is 0 Å². The van der Waals surface area contributed by atoms with Gasteiger partial charge in [0.15, 0.2) is 0 Å². The number of benzene rings is 1. The molecule has 0 bridgehead atoms. The van der Waals surface area contributed by atoms with Crippen molar-refractivity contribution in [3.63, 3.8) is 0 Å². The number of likely N-dealkylation sites (tertiary alicyclic amines) is 1. The first kappa shape index (κ1) is 26.3. The number of halogens is 2. The lowest BCUT2D eigenvalue weighted by Crippen LogP contribution is -2.39. The molecule has 0 atom stereocenters. The van der Waals surface area contributed by atoms with E-state index >= 15 is 0 Å². The molecule has 1 aromatic carbocycles. The van der Waals surface area contributed by atoms with E-state index in [1.165, 1.54) is 0 Å². The van der Waals surface area contributed by atoms with Crippen LogP contribution in [-0.2, 0) is 17.8 Å². The number of aliphatic carboxylic acids is 1. The largest absolute Gasteiger partial charge is 0.491 e. The highest BCUT2D eigenvalue weighted by atomic mass is 35.5. The van der Waals surface area contributed by atoms with E-state index in [0.717, 1.165) is 49.5 Å². The molecule has 10 heteroatoms. The summed E-state index contributed by atoms with van der Waals surface area (Å²) >= 11 is 12.1. The van der Waals surface area contributed by atoms with Crippen LogP contribution in [0.1, 0.15) is 51.7 Å². The highest BCUT2D eigenvalue weighted by molar-refractivity contribution is 6.32. The molecule has 0 amide bonds. The van der Waals surface area contributed by atoms with Gasteiger partial charge in [-0.05, 0) is 69.8 Å². The average Bonchev–Trinajstić information content (AvgIpc) is 2.70. The maximum atomic E-state index is 11.2. The van der Waals surface area contributed by atoms with Crippen LogP contribution >= 0.6 is 23.2 Å². The number of nitrogens with one attached hydrogen (secondary N) is 1. The summed E-state index contributed by atoms with van der Waals surface area (Å²) in [6, 6.07) is 6.20. The van der Waals surface area contributed by atoms with Crippen LogP contribution < -0.4 is 14.8 Å². The monoisotopic (exact) mass is 510 g/mol. The third-order valence-corrected chi connectivity index (χ3v) is 5.76. The molecule has 2 N–H and O–H groups in total. The average molecular weight is 511 g/mol. The molecule has 0 aliphatic carbocycles. The molecule has 8 nitrogen and oxygen atoms in total. The van der Waals surface area contributed by atoms with Crippen LogP contribution in [0.25, 0.3) is 0 Å². The molecule has 0 saturated carbocycles. The van der Waals surface area contributed by atoms with Crippen LogP contribution in [-0.4, -0.2) is 57.3 Å². The van der Waals surface area contributed by atoms with Crippen molar-refractivity contribution >= 4 is 35.0 Å². The van der Waals surface area contributed by atoms with Gasteiger partial charge in [0, 0.05) is 37.3 Å². The van der Waals surface area contributed by atoms with E-state index in [1.807, 2.05) is 33.8 Å². The van der Waals surface area contributed by atoms with Gasteiger partial charge in [0.2, 0.25) is 5.28 Å². The van der Waals surface area contributed by atoms with E-state index in [0.29, 0.717) is 11.4 Å². The maximum Gasteiger partial charge on any atom is 0.308 e. The van der Waals surface area contributed by atoms with Crippen molar-refractivity contribution in [3.8, 4) is 11.5 Å². The zero-order chi connectivity index (χ0) is 24.8. The molecule has 1 saturated heterocycles. The minimum atomic E-state index is -1.00. The molecule has 0 spiro atoms. The van der Waals surface area contributed by atoms with Crippen LogP contribution in [0.5, 0.6) is 11.5 Å². The number of carboxylic acid groups (broad SMARTS) is 1. The highest BCUT2D eigenvalue weighted by Gasteiger charge is 2.23. The maximum absolute atomic E-state index is 11.2. The lowest BCUT2D eigenvalue weighted by atomic mass is 10.0. The van der Waals surface area contributed by atoms with Gasteiger partial charge < -0.3 is 19.9 Å². The summed E-state index contributed by atoms with van der Waals surface area (Å²) in [5.74, 6) is 1.00. The van der Waals surface area contributed by atoms with E-state index in [1.54, 1.807) is 0 Å². The van der Waals surface area contributed by atoms with Crippen molar-refractivity contribution in [3.05, 3.63) is 39.8 Å². The van der Waals surface area contributed by atoms with Gasteiger partial charge in [0.05, 0.1) is 18.6 Å². The number of carboxylic acids is 1. The van der Waals surface area contributed by atoms with Gasteiger partial charge in [-0.3, -0.25) is 9.69 Å². The van der Waals surface area contributed by atoms with E-state index in [2.05, 4.69) is 32.3 Å². The first-order chi connectivity index (χ1) is 16.1. The summed E-state index contributed by atoms with van der Waals surface area (Å²) in [4.78, 5) is 21.7. The molecule has 1 fully saturated rings. The number of rotatable bonds is 10. The van der Waals surface area contributed by atoms with Gasteiger partial charge in [-0.1, -0.05) is 11.6 Å². The summed E-state index contributed by atoms with van der Waals surface area (Å²) in [5, 5.41) is 12.6. The number of hydrogen-bond donors (Lipinski definition) is 2. The SMILES string of the molecule is CC(C)Oc1cc(CN2CCC(Nc3nc(Cl)nc(Cl)c3CC(=O)O)CC2)cc(OC(C)C)c1. The minimum absolute atomic E-state index is 0.0120. The number of ether oxygens (including phenoxy) is 2. The van der Waals surface area contributed by atoms with Crippen molar-refractivity contribution in [1.29, 1.82) is 0 Å². The van der Waals surface area contributed by atoms with Crippen LogP contribution in [0.2, 0.25) is 10.4 Å². The number of piperidine rings is 1. The number of hydrogen-bond acceptors (Lipinski definition) is 7. The third kappa shape index (κ3) is 7.89. The van der Waals surface area contributed by atoms with Crippen LogP contribution in [0.4, 0.5) is 5.82 Å². The van der Waals surface area contributed by atoms with Crippen molar-refractivity contribution in [2.45, 2.75) is 71.8 Å². The Balaban J connectivity index is 1.64. The van der Waals surface area contributed by atoms with Crippen LogP contribution in [0.3, 0.4) is 0 Å². The van der Waals surface area contributed by atoms with Gasteiger partial charge in [-0.15, -0.1) is 0 Å². The fourth-order valence-electron chi connectivity index (χ4n) is 3.95. The van der Waals surface area contributed by atoms with E-state index < -0.39 is 5.97 Å². The third-order valence-electron chi connectivity index (χ3n) is 5.28. The number of carbonyl (C=O) groups is 1. The molecule has 34 heavy (non-hydrogen) atoms. The van der Waals surface area contributed by atoms with Crippen LogP contribution in [0, 0.1) is 0 Å². The Kier molecular flexibility index (Phi) is 9.22. The van der Waals surface area contributed by atoms with E-state index in [4.69, 9.17) is 32.7 Å². The summed E-state index contributed by atoms with van der Waals surface area (Å²) in [6.07, 6.45) is 1.62. The first-order valence-corrected chi connectivity index (χ1v) is 12.2. The van der Waals surface area contributed by atoms with Crippen LogP contribution in [0.15, 0.2) is 18.2 Å². The second-order valence-corrected chi connectivity index (χ2v) is 9.72. The molecular formula is C24H32Cl2N4O4. The van der Waals surface area contributed by atoms with Crippen molar-refractivity contribution in [2.75, 3.05) is 18.4 Å². The first-order valence-electron chi connectivity index (χ1n) is 11.5. The van der Waals surface area contributed by atoms with Crippen molar-refractivity contribution in [1.82, 2.24) is 14.9 Å². The van der Waals surface area contributed by atoms with Crippen molar-refractivity contribution < 1.29 is 19.4 Å². The van der Waals surface area contributed by atoms with Gasteiger partial charge in [-0.2, -0.15) is 0 Å². The normalized spacial score (nSPS) is 15.1. The lowest BCUT2D eigenvalue weighted by molar-refractivity contribution is -0.136. The second kappa shape index (κ2) is 11.9. The molecular weight excluding hydrogens is 479 g/mol. The standard InChI is InChI=1S/C24H32Cl2N4O4/c1-14(2)33-18-9-16(10-19(11-18)34-15(3)4)13-30-7-5-17(6-8-30)27-23-20(12-21(31)32)22(25)28-24(26)29-23/h9-11,14-15,17H,5-8,12-13H2,1-4H3,(H,31,32)(H,27,28,29). The zero-order valence-electron chi connectivity index (χ0n) is 20.0. The summed E-state index contributed by atoms with van der Waals surface area (Å²) in [7, 11) is 0. The van der Waals surface area contributed by atoms with Gasteiger partial charge in [-0.25, -0.2) is 9.97 Å². The Hall–Kier alpha value is -2.29. The van der Waals surface area contributed by atoms with E-state index in [-0.39, 0.29) is 35.1 Å². The van der Waals surface area contributed by atoms with Gasteiger partial charge in [0.1, 0.15) is 22.5 Å². The Labute approximate surface area is 210 Å². The Morgan fingerprint density at radius 2 is 1.68 bits per heavy atom. The predicted molar refractivity (Wildman–Crippen MR) is 133 cm³/mol. The number of aromatic nitrogens is 2. The predicted octanol–water partition coefficient (Wildman–Crippen LogP) is 5.06. The summed E-state index contributed by atoms with van der Waals surface area (Å²) < 4.78 is 11.8. The molecule has 2 heterocycles. The molecule has 3 rings (SSSR count). The Morgan fingerprint density at radius 3 is 2.21 bits per heavy atom. The topological polar surface area (TPSA) is 96.8 Å². The fourth-order valence-corrected chi connectivity index (χ4v) is 4.40. The lowest BCUT2D eigenvalue weighted by Gasteiger charge is -2.33. The summed E-state index contributed by atoms with van der Waals surface area (Å²) in [5.41, 5.74) is 1.49. The molecule has 1 aliphatic rings. The Morgan fingerprint density at radius 1 is 1.09 bits per heavy atom. The Bertz CT molecular complexity index is 967.